The van der Waals surface area contributed by atoms with Crippen LogP contribution in [0.4, 0.5) is 10.1 Å². The number of nitrogens with zero attached hydrogens (tertiary/aromatic N) is 3. The number of benzene rings is 1. The lowest BCUT2D eigenvalue weighted by Gasteiger charge is -2.33. The highest BCUT2D eigenvalue weighted by Crippen LogP contribution is 2.41. The third-order valence-corrected chi connectivity index (χ3v) is 5.88. The van der Waals surface area contributed by atoms with Crippen molar-refractivity contribution in [2.75, 3.05) is 36.8 Å². The molecule has 3 aliphatic rings. The van der Waals surface area contributed by atoms with Crippen LogP contribution in [0.15, 0.2) is 29.3 Å². The van der Waals surface area contributed by atoms with Crippen molar-refractivity contribution >= 4 is 22.6 Å². The van der Waals surface area contributed by atoms with Gasteiger partial charge >= 0.3 is 5.97 Å². The Balaban J connectivity index is 1.57. The summed E-state index contributed by atoms with van der Waals surface area (Å²) in [4.78, 5) is 31.6. The molecule has 0 saturated carbocycles. The van der Waals surface area contributed by atoms with E-state index in [4.69, 9.17) is 9.57 Å². The molecule has 2 unspecified atom stereocenters. The molecule has 164 valence electrons. The summed E-state index contributed by atoms with van der Waals surface area (Å²) in [6.07, 6.45) is 5.59. The number of anilines is 1. The highest BCUT2D eigenvalue weighted by atomic mass is 19.1. The second kappa shape index (κ2) is 6.86. The molecule has 31 heavy (non-hydrogen) atoms. The van der Waals surface area contributed by atoms with Gasteiger partial charge in [0.25, 0.3) is 0 Å². The van der Waals surface area contributed by atoms with Crippen LogP contribution >= 0.6 is 0 Å². The van der Waals surface area contributed by atoms with E-state index in [9.17, 15) is 14.7 Å². The van der Waals surface area contributed by atoms with E-state index in [1.807, 2.05) is 17.9 Å². The fourth-order valence-electron chi connectivity index (χ4n) is 4.42. The van der Waals surface area contributed by atoms with Gasteiger partial charge in [-0.15, -0.1) is 0 Å². The summed E-state index contributed by atoms with van der Waals surface area (Å²) in [6.45, 7) is 3.07. The van der Waals surface area contributed by atoms with Crippen molar-refractivity contribution in [3.63, 3.8) is 0 Å². The van der Waals surface area contributed by atoms with E-state index in [2.05, 4.69) is 10.8 Å². The standard InChI is InChI=1S/C20H22FN5O5/c1-20(4-5-22-31-20)23-11-3-6-25(8-11)16-14(21)7-12-15-18(16)30-10-24(2)26(15)9-13(17(12)27)19(28)29/h4-5,7,9,11,22-23H,3,6,8,10H2,1-2H3,(H,28,29). The molecule has 0 amide bonds. The first-order valence-corrected chi connectivity index (χ1v) is 9.91. The number of pyridine rings is 1. The first kappa shape index (κ1) is 19.6. The fraction of sp³-hybridized carbons (Fsp3) is 0.400. The Kier molecular flexibility index (Phi) is 4.34. The molecular weight excluding hydrogens is 409 g/mol. The average molecular weight is 431 g/mol. The maximum atomic E-state index is 15.3. The van der Waals surface area contributed by atoms with E-state index in [-0.39, 0.29) is 29.6 Å². The Morgan fingerprint density at radius 2 is 2.26 bits per heavy atom. The lowest BCUT2D eigenvalue weighted by molar-refractivity contribution is -0.0519. The molecule has 0 radical (unpaired) electrons. The normalized spacial score (nSPS) is 24.5. The number of carboxylic acids is 1. The summed E-state index contributed by atoms with van der Waals surface area (Å²) in [7, 11) is 1.70. The van der Waals surface area contributed by atoms with Crippen molar-refractivity contribution in [2.45, 2.75) is 25.1 Å². The van der Waals surface area contributed by atoms with Crippen LogP contribution in [-0.2, 0) is 4.84 Å². The molecule has 3 aliphatic heterocycles. The Bertz CT molecular complexity index is 1180. The quantitative estimate of drug-likeness (QED) is 0.644. The van der Waals surface area contributed by atoms with Crippen LogP contribution in [0.5, 0.6) is 5.75 Å². The van der Waals surface area contributed by atoms with Gasteiger partial charge in [0.2, 0.25) is 5.43 Å². The first-order valence-electron chi connectivity index (χ1n) is 9.91. The number of rotatable bonds is 4. The van der Waals surface area contributed by atoms with Crippen molar-refractivity contribution in [1.29, 1.82) is 0 Å². The van der Waals surface area contributed by atoms with Crippen molar-refractivity contribution in [3.8, 4) is 5.75 Å². The van der Waals surface area contributed by atoms with Crippen LogP contribution in [0.1, 0.15) is 23.7 Å². The fourth-order valence-corrected chi connectivity index (χ4v) is 4.42. The molecule has 4 heterocycles. The summed E-state index contributed by atoms with van der Waals surface area (Å²) in [5, 5.41) is 14.4. The van der Waals surface area contributed by atoms with Gasteiger partial charge in [-0.05, 0) is 25.5 Å². The number of nitrogens with one attached hydrogen (secondary N) is 2. The van der Waals surface area contributed by atoms with E-state index < -0.39 is 28.5 Å². The summed E-state index contributed by atoms with van der Waals surface area (Å²) >= 11 is 0. The Hall–Kier alpha value is -3.31. The van der Waals surface area contributed by atoms with Crippen LogP contribution in [0.2, 0.25) is 0 Å². The summed E-state index contributed by atoms with van der Waals surface area (Å²) in [5.41, 5.74) is 1.52. The Morgan fingerprint density at radius 3 is 2.97 bits per heavy atom. The summed E-state index contributed by atoms with van der Waals surface area (Å²) in [5.74, 6) is -1.74. The minimum absolute atomic E-state index is 0.0281. The molecule has 0 spiro atoms. The number of halogens is 1. The zero-order chi connectivity index (χ0) is 21.9. The van der Waals surface area contributed by atoms with Crippen molar-refractivity contribution < 1.29 is 23.9 Å². The number of ether oxygens (including phenoxy) is 1. The largest absolute Gasteiger partial charge is 0.477 e. The van der Waals surface area contributed by atoms with Crippen LogP contribution < -0.4 is 30.9 Å². The van der Waals surface area contributed by atoms with Crippen LogP contribution in [0.25, 0.3) is 10.9 Å². The van der Waals surface area contributed by atoms with Crippen LogP contribution in [0, 0.1) is 5.82 Å². The van der Waals surface area contributed by atoms with Gasteiger partial charge < -0.3 is 14.7 Å². The van der Waals surface area contributed by atoms with Gasteiger partial charge in [-0.3, -0.25) is 30.1 Å². The minimum atomic E-state index is -1.36. The van der Waals surface area contributed by atoms with Gasteiger partial charge in [0, 0.05) is 38.6 Å². The summed E-state index contributed by atoms with van der Waals surface area (Å²) in [6, 6.07) is 1.15. The number of carbonyl (C=O) groups is 1. The van der Waals surface area contributed by atoms with Gasteiger partial charge in [0.15, 0.2) is 24.0 Å². The maximum absolute atomic E-state index is 15.3. The van der Waals surface area contributed by atoms with Gasteiger partial charge in [0.05, 0.1) is 5.39 Å². The minimum Gasteiger partial charge on any atom is -0.477 e. The Labute approximate surface area is 176 Å². The zero-order valence-electron chi connectivity index (χ0n) is 17.0. The molecule has 0 bridgehead atoms. The average Bonchev–Trinajstić information content (AvgIpc) is 3.35. The van der Waals surface area contributed by atoms with E-state index >= 15 is 4.39 Å². The lowest BCUT2D eigenvalue weighted by Crippen LogP contribution is -2.49. The van der Waals surface area contributed by atoms with E-state index in [0.29, 0.717) is 18.6 Å². The number of aromatic nitrogens is 1. The molecule has 0 aliphatic carbocycles. The Morgan fingerprint density at radius 1 is 1.45 bits per heavy atom. The van der Waals surface area contributed by atoms with Gasteiger partial charge in [-0.25, -0.2) is 9.18 Å². The smallest absolute Gasteiger partial charge is 0.341 e. The molecule has 1 fully saturated rings. The van der Waals surface area contributed by atoms with Gasteiger partial charge in [0.1, 0.15) is 16.8 Å². The predicted octanol–water partition coefficient (Wildman–Crippen LogP) is 0.689. The third kappa shape index (κ3) is 3.08. The number of hydroxylamine groups is 1. The molecule has 3 N–H and O–H groups in total. The van der Waals surface area contributed by atoms with Crippen LogP contribution in [0.3, 0.4) is 0 Å². The highest BCUT2D eigenvalue weighted by molar-refractivity contribution is 5.97. The topological polar surface area (TPSA) is 108 Å². The molecule has 11 heteroatoms. The van der Waals surface area contributed by atoms with E-state index in [1.54, 1.807) is 18.3 Å². The zero-order valence-corrected chi connectivity index (χ0v) is 17.0. The number of aromatic carboxylic acids is 1. The second-order valence-electron chi connectivity index (χ2n) is 8.12. The third-order valence-electron chi connectivity index (χ3n) is 5.88. The van der Waals surface area contributed by atoms with Crippen molar-refractivity contribution in [3.05, 3.63) is 46.1 Å². The van der Waals surface area contributed by atoms with Crippen LogP contribution in [-0.4, -0.2) is 54.4 Å². The predicted molar refractivity (Wildman–Crippen MR) is 110 cm³/mol. The summed E-state index contributed by atoms with van der Waals surface area (Å²) < 4.78 is 22.7. The number of hydrogen-bond acceptors (Lipinski definition) is 8. The molecular formula is C20H22FN5O5. The molecule has 2 atom stereocenters. The number of carboxylic acid groups (broad SMARTS) is 1. The van der Waals surface area contributed by atoms with Gasteiger partial charge in [-0.1, -0.05) is 0 Å². The van der Waals surface area contributed by atoms with Crippen molar-refractivity contribution in [2.24, 2.45) is 0 Å². The van der Waals surface area contributed by atoms with E-state index in [1.165, 1.54) is 10.9 Å². The van der Waals surface area contributed by atoms with Gasteiger partial charge in [-0.2, -0.15) is 0 Å². The number of hydrogen-bond donors (Lipinski definition) is 3. The second-order valence-corrected chi connectivity index (χ2v) is 8.12. The molecule has 5 rings (SSSR count). The molecule has 1 saturated heterocycles. The van der Waals surface area contributed by atoms with E-state index in [0.717, 1.165) is 12.5 Å². The lowest BCUT2D eigenvalue weighted by atomic mass is 10.1. The maximum Gasteiger partial charge on any atom is 0.341 e. The molecule has 2 aromatic rings. The molecule has 1 aromatic carbocycles. The molecule has 1 aromatic heterocycles. The first-order chi connectivity index (χ1) is 14.8. The monoisotopic (exact) mass is 431 g/mol. The van der Waals surface area contributed by atoms with Crippen molar-refractivity contribution in [1.82, 2.24) is 15.5 Å². The SMILES string of the molecule is CN1COc2c(N3CCC(NC4(C)C=CNO4)C3)c(F)cc3c(=O)c(C(=O)O)cn1c23. The highest BCUT2D eigenvalue weighted by Gasteiger charge is 2.36. The molecule has 10 nitrogen and oxygen atoms in total.